The minimum absolute atomic E-state index is 0.0925. The van der Waals surface area contributed by atoms with Crippen LogP contribution in [0.4, 0.5) is 11.4 Å². The zero-order valence-corrected chi connectivity index (χ0v) is 16.2. The first-order chi connectivity index (χ1) is 13.3. The summed E-state index contributed by atoms with van der Waals surface area (Å²) in [5, 5.41) is 2.66. The van der Waals surface area contributed by atoms with Gasteiger partial charge in [-0.3, -0.25) is 9.59 Å². The Hall–Kier alpha value is -2.87. The molecule has 0 unspecified atom stereocenters. The van der Waals surface area contributed by atoms with Crippen molar-refractivity contribution in [3.63, 3.8) is 0 Å². The van der Waals surface area contributed by atoms with Crippen LogP contribution in [0.25, 0.3) is 0 Å². The lowest BCUT2D eigenvalue weighted by Crippen LogP contribution is -2.30. The van der Waals surface area contributed by atoms with Crippen molar-refractivity contribution in [3.05, 3.63) is 47.5 Å². The average molecular weight is 400 g/mol. The number of sulfone groups is 1. The molecular formula is C20H20N2O5S. The van der Waals surface area contributed by atoms with Crippen molar-refractivity contribution in [2.75, 3.05) is 29.1 Å². The third-order valence-electron chi connectivity index (χ3n) is 5.02. The minimum atomic E-state index is -3.68. The number of ether oxygens (including phenoxy) is 1. The number of hydrogen-bond donors (Lipinski definition) is 1. The summed E-state index contributed by atoms with van der Waals surface area (Å²) in [7, 11) is -3.68. The summed E-state index contributed by atoms with van der Waals surface area (Å²) in [6.07, 6.45) is 0.687. The summed E-state index contributed by atoms with van der Waals surface area (Å²) in [6, 6.07) is 10.7. The van der Waals surface area contributed by atoms with Gasteiger partial charge in [0, 0.05) is 24.7 Å². The van der Waals surface area contributed by atoms with E-state index in [1.807, 2.05) is 24.3 Å². The Morgan fingerprint density at radius 3 is 2.86 bits per heavy atom. The van der Waals surface area contributed by atoms with Crippen LogP contribution in [0.5, 0.6) is 5.75 Å². The van der Waals surface area contributed by atoms with E-state index in [-0.39, 0.29) is 35.5 Å². The number of rotatable bonds is 4. The van der Waals surface area contributed by atoms with Crippen LogP contribution in [0.15, 0.2) is 41.3 Å². The molecule has 0 aliphatic carbocycles. The highest BCUT2D eigenvalue weighted by atomic mass is 32.2. The largest absolute Gasteiger partial charge is 0.482 e. The molecule has 146 valence electrons. The van der Waals surface area contributed by atoms with E-state index in [0.29, 0.717) is 23.5 Å². The summed E-state index contributed by atoms with van der Waals surface area (Å²) >= 11 is 0. The number of amides is 2. The van der Waals surface area contributed by atoms with Crippen molar-refractivity contribution in [2.24, 2.45) is 0 Å². The highest BCUT2D eigenvalue weighted by molar-refractivity contribution is 7.91. The first kappa shape index (κ1) is 18.5. The molecule has 0 fully saturated rings. The number of carbonyl (C=O) groups is 2. The summed E-state index contributed by atoms with van der Waals surface area (Å²) in [6.45, 7) is 2.08. The first-order valence-electron chi connectivity index (χ1n) is 9.03. The lowest BCUT2D eigenvalue weighted by atomic mass is 10.2. The first-order valence-corrected chi connectivity index (χ1v) is 10.7. The quantitative estimate of drug-likeness (QED) is 0.848. The number of nitrogens with zero attached hydrogens (tertiary/aromatic N) is 1. The zero-order valence-electron chi connectivity index (χ0n) is 15.4. The molecule has 2 aromatic carbocycles. The highest BCUT2D eigenvalue weighted by Crippen LogP contribution is 2.34. The van der Waals surface area contributed by atoms with Gasteiger partial charge in [-0.1, -0.05) is 18.2 Å². The van der Waals surface area contributed by atoms with Crippen LogP contribution in [0.1, 0.15) is 17.5 Å². The molecule has 0 aromatic heterocycles. The molecule has 0 saturated carbocycles. The maximum absolute atomic E-state index is 12.9. The maximum atomic E-state index is 12.9. The van der Waals surface area contributed by atoms with Crippen LogP contribution in [0, 0.1) is 6.92 Å². The van der Waals surface area contributed by atoms with Gasteiger partial charge >= 0.3 is 0 Å². The molecule has 2 aliphatic rings. The molecule has 2 amide bonds. The molecular weight excluding hydrogens is 380 g/mol. The van der Waals surface area contributed by atoms with Gasteiger partial charge in [-0.15, -0.1) is 0 Å². The average Bonchev–Trinajstić information content (AvgIpc) is 3.09. The standard InChI is InChI=1S/C20H20N2O5S/c1-13-10-15-17(27-12-19(23)21-15)11-18(13)28(25,26)9-7-20(24)22-8-6-14-4-2-3-5-16(14)22/h2-5,10-11H,6-9,12H2,1H3,(H,21,23). The van der Waals surface area contributed by atoms with Gasteiger partial charge in [-0.05, 0) is 36.6 Å². The third-order valence-corrected chi connectivity index (χ3v) is 6.87. The number of anilines is 2. The van der Waals surface area contributed by atoms with E-state index in [4.69, 9.17) is 4.74 Å². The van der Waals surface area contributed by atoms with Gasteiger partial charge in [-0.2, -0.15) is 0 Å². The Morgan fingerprint density at radius 1 is 1.25 bits per heavy atom. The molecule has 8 heteroatoms. The Kier molecular flexibility index (Phi) is 4.58. The summed E-state index contributed by atoms with van der Waals surface area (Å²) in [5.74, 6) is -0.438. The molecule has 2 heterocycles. The lowest BCUT2D eigenvalue weighted by molar-refractivity contribution is -0.119. The SMILES string of the molecule is Cc1cc2c(cc1S(=O)(=O)CCC(=O)N1CCc3ccccc31)OCC(=O)N2. The van der Waals surface area contributed by atoms with Crippen molar-refractivity contribution in [1.82, 2.24) is 0 Å². The van der Waals surface area contributed by atoms with E-state index in [0.717, 1.165) is 17.7 Å². The van der Waals surface area contributed by atoms with Crippen molar-refractivity contribution >= 4 is 33.0 Å². The van der Waals surface area contributed by atoms with E-state index >= 15 is 0 Å². The summed E-state index contributed by atoms with van der Waals surface area (Å²) in [4.78, 5) is 25.8. The second kappa shape index (κ2) is 6.94. The molecule has 0 atom stereocenters. The number of nitrogens with one attached hydrogen (secondary N) is 1. The minimum Gasteiger partial charge on any atom is -0.482 e. The second-order valence-electron chi connectivity index (χ2n) is 6.94. The van der Waals surface area contributed by atoms with E-state index < -0.39 is 9.84 Å². The summed E-state index contributed by atoms with van der Waals surface area (Å²) < 4.78 is 31.0. The molecule has 0 radical (unpaired) electrons. The Labute approximate surface area is 163 Å². The van der Waals surface area contributed by atoms with Gasteiger partial charge in [0.2, 0.25) is 5.91 Å². The van der Waals surface area contributed by atoms with Crippen LogP contribution < -0.4 is 15.0 Å². The number of aryl methyl sites for hydroxylation is 1. The maximum Gasteiger partial charge on any atom is 0.262 e. The highest BCUT2D eigenvalue weighted by Gasteiger charge is 2.28. The fraction of sp³-hybridized carbons (Fsp3) is 0.300. The van der Waals surface area contributed by atoms with Gasteiger partial charge in [0.15, 0.2) is 16.4 Å². The zero-order chi connectivity index (χ0) is 19.9. The predicted octanol–water partition coefficient (Wildman–Crippen LogP) is 2.08. The van der Waals surface area contributed by atoms with Crippen molar-refractivity contribution in [2.45, 2.75) is 24.7 Å². The fourth-order valence-corrected chi connectivity index (χ4v) is 5.11. The molecule has 4 rings (SSSR count). The van der Waals surface area contributed by atoms with Crippen molar-refractivity contribution in [3.8, 4) is 5.75 Å². The van der Waals surface area contributed by atoms with E-state index in [2.05, 4.69) is 5.32 Å². The normalized spacial score (nSPS) is 15.5. The molecule has 2 aromatic rings. The molecule has 2 aliphatic heterocycles. The number of para-hydroxylation sites is 1. The molecule has 0 bridgehead atoms. The number of benzene rings is 2. The van der Waals surface area contributed by atoms with Gasteiger partial charge in [0.1, 0.15) is 5.75 Å². The van der Waals surface area contributed by atoms with E-state index in [1.165, 1.54) is 6.07 Å². The monoisotopic (exact) mass is 400 g/mol. The molecule has 0 saturated heterocycles. The van der Waals surface area contributed by atoms with Gasteiger partial charge in [0.05, 0.1) is 16.3 Å². The van der Waals surface area contributed by atoms with Crippen LogP contribution in [0.3, 0.4) is 0 Å². The van der Waals surface area contributed by atoms with Crippen LogP contribution in [0.2, 0.25) is 0 Å². The van der Waals surface area contributed by atoms with Gasteiger partial charge < -0.3 is 15.0 Å². The lowest BCUT2D eigenvalue weighted by Gasteiger charge is -2.20. The van der Waals surface area contributed by atoms with Crippen molar-refractivity contribution in [1.29, 1.82) is 0 Å². The fourth-order valence-electron chi connectivity index (χ4n) is 3.62. The number of fused-ring (bicyclic) bond motifs is 2. The smallest absolute Gasteiger partial charge is 0.262 e. The topological polar surface area (TPSA) is 92.8 Å². The molecule has 7 nitrogen and oxygen atoms in total. The Bertz CT molecular complexity index is 1080. The third kappa shape index (κ3) is 3.35. The molecule has 1 N–H and O–H groups in total. The Morgan fingerprint density at radius 2 is 2.04 bits per heavy atom. The van der Waals surface area contributed by atoms with Gasteiger partial charge in [0.25, 0.3) is 5.91 Å². The number of carbonyl (C=O) groups excluding carboxylic acids is 2. The van der Waals surface area contributed by atoms with E-state index in [9.17, 15) is 18.0 Å². The predicted molar refractivity (Wildman–Crippen MR) is 104 cm³/mol. The van der Waals surface area contributed by atoms with E-state index in [1.54, 1.807) is 17.9 Å². The van der Waals surface area contributed by atoms with Crippen LogP contribution in [-0.2, 0) is 25.8 Å². The second-order valence-corrected chi connectivity index (χ2v) is 9.02. The van der Waals surface area contributed by atoms with Crippen LogP contribution in [-0.4, -0.2) is 39.1 Å². The molecule has 28 heavy (non-hydrogen) atoms. The Balaban J connectivity index is 1.51. The van der Waals surface area contributed by atoms with Crippen LogP contribution >= 0.6 is 0 Å². The molecule has 0 spiro atoms. The van der Waals surface area contributed by atoms with Gasteiger partial charge in [-0.25, -0.2) is 8.42 Å². The van der Waals surface area contributed by atoms with Crippen molar-refractivity contribution < 1.29 is 22.7 Å². The number of hydrogen-bond acceptors (Lipinski definition) is 5. The summed E-state index contributed by atoms with van der Waals surface area (Å²) in [5.41, 5.74) is 2.92.